The molecule has 72 valence electrons. The Morgan fingerprint density at radius 3 is 3.00 bits per heavy atom. The van der Waals surface area contributed by atoms with E-state index in [0.717, 1.165) is 32.6 Å². The number of piperazine rings is 1. The molecule has 3 nitrogen and oxygen atoms in total. The zero-order chi connectivity index (χ0) is 8.97. The number of β-amino-alcohol motifs (C(OH)–C–C–N with tert-alkyl or cyclic N) is 1. The van der Waals surface area contributed by atoms with Crippen molar-refractivity contribution in [1.29, 1.82) is 0 Å². The minimum Gasteiger partial charge on any atom is -0.392 e. The van der Waals surface area contributed by atoms with E-state index in [4.69, 9.17) is 0 Å². The second-order valence-corrected chi connectivity index (χ2v) is 3.61. The summed E-state index contributed by atoms with van der Waals surface area (Å²) in [5.41, 5.74) is 0. The van der Waals surface area contributed by atoms with Crippen LogP contribution in [0.4, 0.5) is 0 Å². The Balaban J connectivity index is 2.28. The SMILES string of the molecule is CC[C@H](O)CN1CCNC[C@@H]1C. The summed E-state index contributed by atoms with van der Waals surface area (Å²) in [6.45, 7) is 8.24. The van der Waals surface area contributed by atoms with Crippen molar-refractivity contribution in [3.05, 3.63) is 0 Å². The minimum absolute atomic E-state index is 0.148. The molecule has 2 N–H and O–H groups in total. The summed E-state index contributed by atoms with van der Waals surface area (Å²) >= 11 is 0. The molecule has 1 rings (SSSR count). The van der Waals surface area contributed by atoms with E-state index in [9.17, 15) is 5.11 Å². The molecular weight excluding hydrogens is 152 g/mol. The molecule has 2 atom stereocenters. The molecule has 0 aromatic rings. The van der Waals surface area contributed by atoms with E-state index in [1.807, 2.05) is 6.92 Å². The average molecular weight is 172 g/mol. The number of nitrogens with zero attached hydrogens (tertiary/aromatic N) is 1. The maximum atomic E-state index is 9.47. The van der Waals surface area contributed by atoms with Gasteiger partial charge in [0, 0.05) is 32.2 Å². The highest BCUT2D eigenvalue weighted by molar-refractivity contribution is 4.77. The summed E-state index contributed by atoms with van der Waals surface area (Å²) in [5.74, 6) is 0. The summed E-state index contributed by atoms with van der Waals surface area (Å²) in [6, 6.07) is 0.569. The molecule has 12 heavy (non-hydrogen) atoms. The van der Waals surface area contributed by atoms with Crippen LogP contribution in [0.2, 0.25) is 0 Å². The van der Waals surface area contributed by atoms with Crippen LogP contribution in [0.5, 0.6) is 0 Å². The van der Waals surface area contributed by atoms with Crippen molar-refractivity contribution in [2.45, 2.75) is 32.4 Å². The van der Waals surface area contributed by atoms with E-state index < -0.39 is 0 Å². The monoisotopic (exact) mass is 172 g/mol. The quantitative estimate of drug-likeness (QED) is 0.631. The van der Waals surface area contributed by atoms with E-state index >= 15 is 0 Å². The number of rotatable bonds is 3. The van der Waals surface area contributed by atoms with Crippen molar-refractivity contribution in [2.75, 3.05) is 26.2 Å². The van der Waals surface area contributed by atoms with Crippen LogP contribution in [0.15, 0.2) is 0 Å². The van der Waals surface area contributed by atoms with Crippen molar-refractivity contribution >= 4 is 0 Å². The molecule has 1 aliphatic heterocycles. The lowest BCUT2D eigenvalue weighted by Gasteiger charge is -2.34. The van der Waals surface area contributed by atoms with E-state index in [0.29, 0.717) is 6.04 Å². The van der Waals surface area contributed by atoms with Crippen molar-refractivity contribution in [3.63, 3.8) is 0 Å². The first kappa shape index (κ1) is 9.96. The Morgan fingerprint density at radius 1 is 1.67 bits per heavy atom. The van der Waals surface area contributed by atoms with Crippen molar-refractivity contribution in [1.82, 2.24) is 10.2 Å². The summed E-state index contributed by atoms with van der Waals surface area (Å²) in [7, 11) is 0. The van der Waals surface area contributed by atoms with Gasteiger partial charge in [-0.3, -0.25) is 4.90 Å². The molecule has 0 bridgehead atoms. The Bertz CT molecular complexity index is 130. The standard InChI is InChI=1S/C9H20N2O/c1-3-9(12)7-11-5-4-10-6-8(11)2/h8-10,12H,3-7H2,1-2H3/t8-,9-/m0/s1. The largest absolute Gasteiger partial charge is 0.392 e. The van der Waals surface area contributed by atoms with Crippen LogP contribution in [0.3, 0.4) is 0 Å². The van der Waals surface area contributed by atoms with Crippen LogP contribution in [0.1, 0.15) is 20.3 Å². The molecular formula is C9H20N2O. The third-order valence-corrected chi connectivity index (χ3v) is 2.56. The van der Waals surface area contributed by atoms with Crippen molar-refractivity contribution in [3.8, 4) is 0 Å². The van der Waals surface area contributed by atoms with Gasteiger partial charge in [0.05, 0.1) is 6.10 Å². The molecule has 0 radical (unpaired) electrons. The average Bonchev–Trinajstić information content (AvgIpc) is 2.09. The van der Waals surface area contributed by atoms with Gasteiger partial charge in [-0.05, 0) is 13.3 Å². The zero-order valence-electron chi connectivity index (χ0n) is 8.08. The van der Waals surface area contributed by atoms with E-state index in [1.54, 1.807) is 0 Å². The first-order valence-electron chi connectivity index (χ1n) is 4.87. The fraction of sp³-hybridized carbons (Fsp3) is 1.00. The zero-order valence-corrected chi connectivity index (χ0v) is 8.08. The Kier molecular flexibility index (Phi) is 3.98. The van der Waals surface area contributed by atoms with Crippen molar-refractivity contribution in [2.24, 2.45) is 0 Å². The second-order valence-electron chi connectivity index (χ2n) is 3.61. The molecule has 1 heterocycles. The highest BCUT2D eigenvalue weighted by Gasteiger charge is 2.19. The second kappa shape index (κ2) is 4.80. The highest BCUT2D eigenvalue weighted by Crippen LogP contribution is 2.04. The highest BCUT2D eigenvalue weighted by atomic mass is 16.3. The van der Waals surface area contributed by atoms with Crippen LogP contribution in [0.25, 0.3) is 0 Å². The Hall–Kier alpha value is -0.120. The predicted molar refractivity (Wildman–Crippen MR) is 50.2 cm³/mol. The summed E-state index contributed by atoms with van der Waals surface area (Å²) in [4.78, 5) is 2.35. The van der Waals surface area contributed by atoms with Gasteiger partial charge < -0.3 is 10.4 Å². The van der Waals surface area contributed by atoms with E-state index in [2.05, 4.69) is 17.1 Å². The molecule has 0 unspecified atom stereocenters. The number of nitrogens with one attached hydrogen (secondary N) is 1. The normalized spacial score (nSPS) is 28.8. The maximum Gasteiger partial charge on any atom is 0.0664 e. The molecule has 0 aromatic heterocycles. The van der Waals surface area contributed by atoms with Gasteiger partial charge in [0.15, 0.2) is 0 Å². The lowest BCUT2D eigenvalue weighted by atomic mass is 10.2. The summed E-state index contributed by atoms with van der Waals surface area (Å²) in [5, 5.41) is 12.8. The molecule has 1 fully saturated rings. The topological polar surface area (TPSA) is 35.5 Å². The predicted octanol–water partition coefficient (Wildman–Crippen LogP) is 0.0510. The lowest BCUT2D eigenvalue weighted by molar-refractivity contribution is 0.0772. The maximum absolute atomic E-state index is 9.47. The number of aliphatic hydroxyl groups is 1. The fourth-order valence-corrected chi connectivity index (χ4v) is 1.55. The fourth-order valence-electron chi connectivity index (χ4n) is 1.55. The third-order valence-electron chi connectivity index (χ3n) is 2.56. The van der Waals surface area contributed by atoms with Crippen LogP contribution in [0, 0.1) is 0 Å². The minimum atomic E-state index is -0.148. The lowest BCUT2D eigenvalue weighted by Crippen LogP contribution is -2.51. The van der Waals surface area contributed by atoms with Crippen molar-refractivity contribution < 1.29 is 5.11 Å². The van der Waals surface area contributed by atoms with Gasteiger partial charge in [0.25, 0.3) is 0 Å². The van der Waals surface area contributed by atoms with E-state index in [-0.39, 0.29) is 6.10 Å². The van der Waals surface area contributed by atoms with Gasteiger partial charge in [-0.2, -0.15) is 0 Å². The van der Waals surface area contributed by atoms with Crippen LogP contribution in [-0.4, -0.2) is 48.3 Å². The van der Waals surface area contributed by atoms with Gasteiger partial charge in [-0.15, -0.1) is 0 Å². The molecule has 0 spiro atoms. The molecule has 0 amide bonds. The molecule has 1 saturated heterocycles. The third kappa shape index (κ3) is 2.73. The molecule has 3 heteroatoms. The van der Waals surface area contributed by atoms with E-state index in [1.165, 1.54) is 0 Å². The van der Waals surface area contributed by atoms with Gasteiger partial charge in [0.1, 0.15) is 0 Å². The number of hydrogen-bond acceptors (Lipinski definition) is 3. The molecule has 0 aliphatic carbocycles. The molecule has 1 aliphatic rings. The summed E-state index contributed by atoms with van der Waals surface area (Å²) < 4.78 is 0. The van der Waals surface area contributed by atoms with Crippen LogP contribution < -0.4 is 5.32 Å². The number of aliphatic hydroxyl groups excluding tert-OH is 1. The van der Waals surface area contributed by atoms with Gasteiger partial charge in [-0.25, -0.2) is 0 Å². The van der Waals surface area contributed by atoms with Gasteiger partial charge in [-0.1, -0.05) is 6.92 Å². The first-order chi connectivity index (χ1) is 5.74. The Morgan fingerprint density at radius 2 is 2.42 bits per heavy atom. The summed E-state index contributed by atoms with van der Waals surface area (Å²) in [6.07, 6.45) is 0.710. The smallest absolute Gasteiger partial charge is 0.0664 e. The molecule has 0 saturated carbocycles. The Labute approximate surface area is 74.8 Å². The molecule has 0 aromatic carbocycles. The number of hydrogen-bond donors (Lipinski definition) is 2. The van der Waals surface area contributed by atoms with Gasteiger partial charge in [0.2, 0.25) is 0 Å². The van der Waals surface area contributed by atoms with Gasteiger partial charge >= 0.3 is 0 Å². The van der Waals surface area contributed by atoms with Crippen LogP contribution >= 0.6 is 0 Å². The first-order valence-corrected chi connectivity index (χ1v) is 4.87. The van der Waals surface area contributed by atoms with Crippen LogP contribution in [-0.2, 0) is 0 Å².